The van der Waals surface area contributed by atoms with Crippen molar-refractivity contribution < 1.29 is 23.9 Å². The Morgan fingerprint density at radius 2 is 1.77 bits per heavy atom. The van der Waals surface area contributed by atoms with Crippen LogP contribution in [0.3, 0.4) is 0 Å². The summed E-state index contributed by atoms with van der Waals surface area (Å²) >= 11 is 0. The summed E-state index contributed by atoms with van der Waals surface area (Å²) in [5.74, 6) is 0.776. The van der Waals surface area contributed by atoms with Crippen molar-refractivity contribution in [2.45, 2.75) is 45.4 Å². The number of hydrogen-bond acceptors (Lipinski definition) is 7. The second kappa shape index (κ2) is 15.8. The highest BCUT2D eigenvalue weighted by atomic mass is 16.5. The molecule has 0 unspecified atom stereocenters. The first kappa shape index (κ1) is 33.8. The highest BCUT2D eigenvalue weighted by Crippen LogP contribution is 2.33. The molecule has 2 heterocycles. The first-order chi connectivity index (χ1) is 22.7. The number of unbranched alkanes of at least 4 members (excludes halogenated alkanes) is 2. The minimum atomic E-state index is -0.242. The lowest BCUT2D eigenvalue weighted by Crippen LogP contribution is -2.47. The van der Waals surface area contributed by atoms with Gasteiger partial charge in [-0.1, -0.05) is 18.2 Å². The van der Waals surface area contributed by atoms with Gasteiger partial charge in [0, 0.05) is 51.8 Å². The molecule has 0 atom stereocenters. The molecule has 2 N–H and O–H groups in total. The second-order valence-corrected chi connectivity index (χ2v) is 12.4. The highest BCUT2D eigenvalue weighted by Gasteiger charge is 2.22. The van der Waals surface area contributed by atoms with Gasteiger partial charge in [0.15, 0.2) is 0 Å². The Labute approximate surface area is 278 Å². The molecular weight excluding hydrogens is 594 g/mol. The lowest BCUT2D eigenvalue weighted by atomic mass is 9.99. The van der Waals surface area contributed by atoms with Crippen LogP contribution in [0.5, 0.6) is 11.5 Å². The number of amides is 3. The number of nitrogens with zero attached hydrogens (tertiary/aromatic N) is 3. The van der Waals surface area contributed by atoms with Gasteiger partial charge in [-0.3, -0.25) is 14.4 Å². The van der Waals surface area contributed by atoms with E-state index in [4.69, 9.17) is 9.47 Å². The summed E-state index contributed by atoms with van der Waals surface area (Å²) in [6.07, 6.45) is 5.07. The zero-order chi connectivity index (χ0) is 33.3. The van der Waals surface area contributed by atoms with Crippen LogP contribution in [0.25, 0.3) is 0 Å². The normalized spacial score (nSPS) is 14.5. The van der Waals surface area contributed by atoms with Crippen molar-refractivity contribution in [3.63, 3.8) is 0 Å². The third kappa shape index (κ3) is 8.43. The van der Waals surface area contributed by atoms with Crippen LogP contribution in [0.4, 0.5) is 17.1 Å². The molecule has 0 bridgehead atoms. The molecule has 10 heteroatoms. The number of hydrogen-bond donors (Lipinski definition) is 2. The number of aryl methyl sites for hydroxylation is 2. The van der Waals surface area contributed by atoms with Crippen LogP contribution < -0.4 is 25.0 Å². The molecule has 2 aliphatic rings. The van der Waals surface area contributed by atoms with Gasteiger partial charge in [-0.15, -0.1) is 0 Å². The van der Waals surface area contributed by atoms with Crippen LogP contribution in [0.2, 0.25) is 0 Å². The highest BCUT2D eigenvalue weighted by molar-refractivity contribution is 6.10. The number of fused-ring (bicyclic) bond motifs is 1. The third-order valence-electron chi connectivity index (χ3n) is 8.95. The predicted molar refractivity (Wildman–Crippen MR) is 186 cm³/mol. The topological polar surface area (TPSA) is 103 Å². The van der Waals surface area contributed by atoms with Crippen LogP contribution in [0, 0.1) is 6.92 Å². The Kier molecular flexibility index (Phi) is 11.4. The first-order valence-corrected chi connectivity index (χ1v) is 16.6. The number of anilines is 3. The lowest BCUT2D eigenvalue weighted by Gasteiger charge is -2.32. The number of likely N-dealkylation sites (N-methyl/N-ethyl adjacent to an activating group) is 1. The number of ether oxygens (including phenoxy) is 2. The minimum Gasteiger partial charge on any atom is -0.495 e. The predicted octanol–water partition coefficient (Wildman–Crippen LogP) is 5.60. The third-order valence-corrected chi connectivity index (χ3v) is 8.95. The van der Waals surface area contributed by atoms with E-state index < -0.39 is 0 Å². The number of methoxy groups -OCH3 is 1. The number of carbonyl (C=O) groups is 3. The molecule has 3 aromatic carbocycles. The maximum absolute atomic E-state index is 13.7. The summed E-state index contributed by atoms with van der Waals surface area (Å²) in [7, 11) is 5.32. The van der Waals surface area contributed by atoms with Crippen molar-refractivity contribution in [3.05, 3.63) is 76.9 Å². The molecule has 0 radical (unpaired) electrons. The molecule has 0 aromatic heterocycles. The van der Waals surface area contributed by atoms with Crippen molar-refractivity contribution in [3.8, 4) is 11.5 Å². The number of carbonyl (C=O) groups excluding carboxylic acids is 3. The summed E-state index contributed by atoms with van der Waals surface area (Å²) in [6, 6.07) is 16.6. The number of nitrogens with one attached hydrogen (secondary N) is 2. The van der Waals surface area contributed by atoms with E-state index in [1.54, 1.807) is 30.1 Å². The van der Waals surface area contributed by atoms with Crippen LogP contribution in [-0.2, 0) is 11.2 Å². The first-order valence-electron chi connectivity index (χ1n) is 16.6. The van der Waals surface area contributed by atoms with Gasteiger partial charge < -0.3 is 34.8 Å². The molecule has 3 amide bonds. The molecule has 47 heavy (non-hydrogen) atoms. The van der Waals surface area contributed by atoms with Gasteiger partial charge >= 0.3 is 0 Å². The second-order valence-electron chi connectivity index (χ2n) is 12.4. The van der Waals surface area contributed by atoms with E-state index >= 15 is 0 Å². The van der Waals surface area contributed by atoms with E-state index in [0.29, 0.717) is 47.0 Å². The zero-order valence-electron chi connectivity index (χ0n) is 28.1. The van der Waals surface area contributed by atoms with Gasteiger partial charge in [-0.2, -0.15) is 0 Å². The van der Waals surface area contributed by atoms with Crippen LogP contribution in [0.1, 0.15) is 63.9 Å². The summed E-state index contributed by atoms with van der Waals surface area (Å²) in [5, 5.41) is 6.32. The molecule has 10 nitrogen and oxygen atoms in total. The van der Waals surface area contributed by atoms with Crippen molar-refractivity contribution >= 4 is 34.8 Å². The van der Waals surface area contributed by atoms with Crippen molar-refractivity contribution in [2.75, 3.05) is 76.1 Å². The molecule has 0 saturated carbocycles. The Balaban J connectivity index is 1.18. The van der Waals surface area contributed by atoms with E-state index in [1.807, 2.05) is 48.2 Å². The summed E-state index contributed by atoms with van der Waals surface area (Å²) < 4.78 is 11.8. The largest absolute Gasteiger partial charge is 0.495 e. The molecule has 3 aromatic rings. The van der Waals surface area contributed by atoms with E-state index in [0.717, 1.165) is 81.6 Å². The van der Waals surface area contributed by atoms with E-state index in [2.05, 4.69) is 22.6 Å². The van der Waals surface area contributed by atoms with Gasteiger partial charge in [0.1, 0.15) is 11.5 Å². The van der Waals surface area contributed by atoms with Gasteiger partial charge in [-0.05, 0) is 93.6 Å². The summed E-state index contributed by atoms with van der Waals surface area (Å²) in [5.41, 5.74) is 5.16. The van der Waals surface area contributed by atoms with Crippen molar-refractivity contribution in [2.24, 2.45) is 0 Å². The molecule has 1 fully saturated rings. The maximum Gasteiger partial charge on any atom is 0.258 e. The fourth-order valence-electron chi connectivity index (χ4n) is 6.08. The molecule has 5 rings (SSSR count). The number of benzene rings is 3. The summed E-state index contributed by atoms with van der Waals surface area (Å²) in [4.78, 5) is 45.2. The number of rotatable bonds is 12. The smallest absolute Gasteiger partial charge is 0.258 e. The molecule has 2 aliphatic heterocycles. The Morgan fingerprint density at radius 3 is 2.55 bits per heavy atom. The molecule has 0 spiro atoms. The molecule has 1 saturated heterocycles. The van der Waals surface area contributed by atoms with Gasteiger partial charge in [0.05, 0.1) is 36.3 Å². The maximum atomic E-state index is 13.7. The molecule has 0 aliphatic carbocycles. The molecular formula is C37H47N5O5. The van der Waals surface area contributed by atoms with Gasteiger partial charge in [0.25, 0.3) is 11.8 Å². The number of piperazine rings is 1. The van der Waals surface area contributed by atoms with E-state index in [-0.39, 0.29) is 17.7 Å². The quantitative estimate of drug-likeness (QED) is 0.248. The SMILES string of the molecule is COc1cc(C(=O)N(C)c2ccc(C)cc2OCCCCCC(=O)N2CCN(C)CC2)ccc1NC(=O)c1cccc2c1NCCC2. The summed E-state index contributed by atoms with van der Waals surface area (Å²) in [6.45, 7) is 6.79. The molecule has 250 valence electrons. The lowest BCUT2D eigenvalue weighted by molar-refractivity contribution is -0.132. The van der Waals surface area contributed by atoms with Crippen LogP contribution in [0.15, 0.2) is 54.6 Å². The monoisotopic (exact) mass is 641 g/mol. The van der Waals surface area contributed by atoms with E-state index in [9.17, 15) is 14.4 Å². The van der Waals surface area contributed by atoms with E-state index in [1.165, 1.54) is 7.11 Å². The van der Waals surface area contributed by atoms with Crippen LogP contribution >= 0.6 is 0 Å². The van der Waals surface area contributed by atoms with Gasteiger partial charge in [-0.25, -0.2) is 0 Å². The average molecular weight is 642 g/mol. The van der Waals surface area contributed by atoms with Crippen molar-refractivity contribution in [1.82, 2.24) is 9.80 Å². The standard InChI is InChI=1S/C37H47N5O5/c1-26-14-17-31(33(24-26)47-23-7-5-6-13-34(43)42-21-19-40(2)20-22-42)41(3)37(45)28-15-16-30(32(25-28)46-4)39-36(44)29-12-8-10-27-11-9-18-38-35(27)29/h8,10,12,14-17,24-25,38H,5-7,9,11,13,18-23H2,1-4H3,(H,39,44). The van der Waals surface area contributed by atoms with Crippen LogP contribution in [-0.4, -0.2) is 88.1 Å². The Bertz CT molecular complexity index is 1580. The van der Waals surface area contributed by atoms with Crippen molar-refractivity contribution in [1.29, 1.82) is 0 Å². The average Bonchev–Trinajstić information content (AvgIpc) is 3.09. The Morgan fingerprint density at radius 1 is 0.957 bits per heavy atom. The minimum absolute atomic E-state index is 0.235. The number of para-hydroxylation sites is 1. The zero-order valence-corrected chi connectivity index (χ0v) is 28.1. The fraction of sp³-hybridized carbons (Fsp3) is 0.432. The fourth-order valence-corrected chi connectivity index (χ4v) is 6.08. The Hall–Kier alpha value is -4.57. The van der Waals surface area contributed by atoms with Gasteiger partial charge in [0.2, 0.25) is 5.91 Å².